The fourth-order valence-electron chi connectivity index (χ4n) is 2.72. The Morgan fingerprint density at radius 1 is 0.808 bits per heavy atom. The third-order valence-corrected chi connectivity index (χ3v) is 4.20. The summed E-state index contributed by atoms with van der Waals surface area (Å²) in [6.07, 6.45) is 0. The van der Waals surface area contributed by atoms with Crippen LogP contribution in [0.4, 0.5) is 0 Å². The second-order valence-electron chi connectivity index (χ2n) is 5.65. The molecule has 26 heavy (non-hydrogen) atoms. The molecule has 4 nitrogen and oxygen atoms in total. The molecule has 0 aliphatic carbocycles. The Hall–Kier alpha value is -3.24. The molecule has 0 aliphatic heterocycles. The topological polar surface area (TPSA) is 52.1 Å². The number of benzene rings is 3. The molecule has 0 saturated carbocycles. The van der Waals surface area contributed by atoms with Crippen LogP contribution >= 0.6 is 11.6 Å². The Kier molecular flexibility index (Phi) is 4.33. The maximum absolute atomic E-state index is 13.0. The lowest BCUT2D eigenvalue weighted by atomic mass is 10.0. The first-order valence-electron chi connectivity index (χ1n) is 8.01. The summed E-state index contributed by atoms with van der Waals surface area (Å²) >= 11 is 5.89. The van der Waals surface area contributed by atoms with Crippen LogP contribution in [0.3, 0.4) is 0 Å². The van der Waals surface area contributed by atoms with Gasteiger partial charge in [-0.15, -0.1) is 10.2 Å². The average Bonchev–Trinajstić information content (AvgIpc) is 2.69. The van der Waals surface area contributed by atoms with Gasteiger partial charge in [0.2, 0.25) is 0 Å². The van der Waals surface area contributed by atoms with Gasteiger partial charge >= 0.3 is 5.97 Å². The molecule has 4 aromatic rings. The highest BCUT2D eigenvalue weighted by molar-refractivity contribution is 6.30. The number of esters is 1. The van der Waals surface area contributed by atoms with E-state index in [9.17, 15) is 4.79 Å². The quantitative estimate of drug-likeness (QED) is 0.373. The van der Waals surface area contributed by atoms with Crippen molar-refractivity contribution in [3.63, 3.8) is 0 Å². The third-order valence-electron chi connectivity index (χ3n) is 3.94. The Labute approximate surface area is 155 Å². The van der Waals surface area contributed by atoms with Crippen LogP contribution in [-0.4, -0.2) is 16.2 Å². The number of carbonyl (C=O) groups excluding carboxylic acids is 1. The highest BCUT2D eigenvalue weighted by atomic mass is 35.5. The van der Waals surface area contributed by atoms with Crippen molar-refractivity contribution in [1.29, 1.82) is 0 Å². The molecule has 0 atom stereocenters. The number of aromatic nitrogens is 2. The van der Waals surface area contributed by atoms with E-state index in [4.69, 9.17) is 16.3 Å². The van der Waals surface area contributed by atoms with Crippen molar-refractivity contribution in [2.24, 2.45) is 0 Å². The van der Waals surface area contributed by atoms with Crippen molar-refractivity contribution in [2.75, 3.05) is 0 Å². The molecule has 0 N–H and O–H groups in total. The van der Waals surface area contributed by atoms with Crippen molar-refractivity contribution in [1.82, 2.24) is 10.2 Å². The zero-order chi connectivity index (χ0) is 17.9. The van der Waals surface area contributed by atoms with Gasteiger partial charge < -0.3 is 4.74 Å². The Bertz CT molecular complexity index is 1080. The van der Waals surface area contributed by atoms with Gasteiger partial charge in [0, 0.05) is 16.0 Å². The summed E-state index contributed by atoms with van der Waals surface area (Å²) < 4.78 is 5.56. The number of halogens is 1. The van der Waals surface area contributed by atoms with Gasteiger partial charge in [-0.25, -0.2) is 4.79 Å². The monoisotopic (exact) mass is 360 g/mol. The predicted octanol–water partition coefficient (Wildman–Crippen LogP) is 5.17. The van der Waals surface area contributed by atoms with E-state index in [2.05, 4.69) is 10.2 Å². The lowest BCUT2D eigenvalue weighted by Crippen LogP contribution is -2.12. The molecule has 0 bridgehead atoms. The third kappa shape index (κ3) is 3.15. The summed E-state index contributed by atoms with van der Waals surface area (Å²) in [5.41, 5.74) is 2.31. The fourth-order valence-corrected chi connectivity index (χ4v) is 2.85. The van der Waals surface area contributed by atoms with Crippen LogP contribution in [0, 0.1) is 0 Å². The fraction of sp³-hybridized carbons (Fsp3) is 0. The predicted molar refractivity (Wildman–Crippen MR) is 101 cm³/mol. The summed E-state index contributed by atoms with van der Waals surface area (Å²) in [7, 11) is 0. The van der Waals surface area contributed by atoms with Gasteiger partial charge in [0.15, 0.2) is 0 Å². The molecule has 0 radical (unpaired) electrons. The first kappa shape index (κ1) is 16.2. The minimum absolute atomic E-state index is 0.386. The van der Waals surface area contributed by atoms with Crippen LogP contribution < -0.4 is 4.74 Å². The molecule has 126 valence electrons. The SMILES string of the molecule is O=C(Oc1ccc(Cl)cc1)c1c(-c2ccccc2)nnc2ccccc12. The largest absolute Gasteiger partial charge is 0.423 e. The number of nitrogens with zero attached hydrogens (tertiary/aromatic N) is 2. The standard InChI is InChI=1S/C21H13ClN2O2/c22-15-10-12-16(13-11-15)26-21(25)19-17-8-4-5-9-18(17)23-24-20(19)14-6-2-1-3-7-14/h1-13H. The Morgan fingerprint density at radius 3 is 2.27 bits per heavy atom. The van der Waals surface area contributed by atoms with Crippen LogP contribution in [0.2, 0.25) is 5.02 Å². The summed E-state index contributed by atoms with van der Waals surface area (Å²) in [6, 6.07) is 23.5. The van der Waals surface area contributed by atoms with E-state index in [1.807, 2.05) is 54.6 Å². The van der Waals surface area contributed by atoms with E-state index in [1.165, 1.54) is 0 Å². The average molecular weight is 361 g/mol. The second-order valence-corrected chi connectivity index (χ2v) is 6.09. The van der Waals surface area contributed by atoms with Gasteiger partial charge in [0.1, 0.15) is 11.4 Å². The molecular weight excluding hydrogens is 348 g/mol. The van der Waals surface area contributed by atoms with Crippen molar-refractivity contribution >= 4 is 28.5 Å². The number of hydrogen-bond acceptors (Lipinski definition) is 4. The lowest BCUT2D eigenvalue weighted by molar-refractivity contribution is 0.0737. The zero-order valence-electron chi connectivity index (χ0n) is 13.6. The lowest BCUT2D eigenvalue weighted by Gasteiger charge is -2.11. The summed E-state index contributed by atoms with van der Waals surface area (Å²) in [5.74, 6) is -0.0726. The summed E-state index contributed by atoms with van der Waals surface area (Å²) in [4.78, 5) is 13.0. The van der Waals surface area contributed by atoms with Crippen molar-refractivity contribution in [3.05, 3.63) is 89.4 Å². The van der Waals surface area contributed by atoms with Crippen LogP contribution in [0.15, 0.2) is 78.9 Å². The second kappa shape index (κ2) is 6.94. The molecule has 0 saturated heterocycles. The Balaban J connectivity index is 1.85. The highest BCUT2D eigenvalue weighted by Crippen LogP contribution is 2.28. The number of fused-ring (bicyclic) bond motifs is 1. The van der Waals surface area contributed by atoms with Gasteiger partial charge in [-0.05, 0) is 30.3 Å². The van der Waals surface area contributed by atoms with Crippen molar-refractivity contribution in [2.45, 2.75) is 0 Å². The van der Waals surface area contributed by atoms with Gasteiger partial charge in [0.05, 0.1) is 11.1 Å². The van der Waals surface area contributed by atoms with Crippen molar-refractivity contribution in [3.8, 4) is 17.0 Å². The van der Waals surface area contributed by atoms with E-state index in [1.54, 1.807) is 24.3 Å². The smallest absolute Gasteiger partial charge is 0.346 e. The van der Waals surface area contributed by atoms with E-state index in [0.29, 0.717) is 32.9 Å². The normalized spacial score (nSPS) is 10.7. The molecule has 1 aromatic heterocycles. The molecule has 3 aromatic carbocycles. The van der Waals surface area contributed by atoms with Crippen LogP contribution in [-0.2, 0) is 0 Å². The number of rotatable bonds is 3. The highest BCUT2D eigenvalue weighted by Gasteiger charge is 2.21. The van der Waals surface area contributed by atoms with Crippen LogP contribution in [0.5, 0.6) is 5.75 Å². The zero-order valence-corrected chi connectivity index (χ0v) is 14.4. The molecule has 0 spiro atoms. The van der Waals surface area contributed by atoms with E-state index >= 15 is 0 Å². The summed E-state index contributed by atoms with van der Waals surface area (Å²) in [5, 5.41) is 9.80. The van der Waals surface area contributed by atoms with Gasteiger partial charge in [-0.1, -0.05) is 60.1 Å². The summed E-state index contributed by atoms with van der Waals surface area (Å²) in [6.45, 7) is 0. The minimum atomic E-state index is -0.489. The Morgan fingerprint density at radius 2 is 1.50 bits per heavy atom. The van der Waals surface area contributed by atoms with Gasteiger partial charge in [-0.3, -0.25) is 0 Å². The number of hydrogen-bond donors (Lipinski definition) is 0. The number of ether oxygens (including phenoxy) is 1. The van der Waals surface area contributed by atoms with E-state index in [-0.39, 0.29) is 0 Å². The maximum Gasteiger partial charge on any atom is 0.346 e. The molecule has 0 unspecified atom stereocenters. The first-order chi connectivity index (χ1) is 12.7. The van der Waals surface area contributed by atoms with Gasteiger partial charge in [0.25, 0.3) is 0 Å². The van der Waals surface area contributed by atoms with E-state index < -0.39 is 5.97 Å². The first-order valence-corrected chi connectivity index (χ1v) is 8.39. The number of carbonyl (C=O) groups is 1. The molecule has 5 heteroatoms. The van der Waals surface area contributed by atoms with E-state index in [0.717, 1.165) is 5.56 Å². The van der Waals surface area contributed by atoms with Crippen LogP contribution in [0.25, 0.3) is 22.2 Å². The molecule has 4 rings (SSSR count). The minimum Gasteiger partial charge on any atom is -0.423 e. The molecule has 0 amide bonds. The van der Waals surface area contributed by atoms with Gasteiger partial charge in [-0.2, -0.15) is 0 Å². The molecular formula is C21H13ClN2O2. The van der Waals surface area contributed by atoms with Crippen LogP contribution in [0.1, 0.15) is 10.4 Å². The molecule has 1 heterocycles. The maximum atomic E-state index is 13.0. The molecule has 0 aliphatic rings. The molecule has 0 fully saturated rings. The van der Waals surface area contributed by atoms with Crippen molar-refractivity contribution < 1.29 is 9.53 Å².